The van der Waals surface area contributed by atoms with Crippen LogP contribution in [0, 0.1) is 0 Å². The second-order valence-electron chi connectivity index (χ2n) is 2.86. The number of thioether (sulfide) groups is 1. The van der Waals surface area contributed by atoms with Crippen LogP contribution < -0.4 is 0 Å². The van der Waals surface area contributed by atoms with Gasteiger partial charge >= 0.3 is 6.18 Å². The molecule has 88 valence electrons. The van der Waals surface area contributed by atoms with E-state index in [4.69, 9.17) is 0 Å². The zero-order valence-corrected chi connectivity index (χ0v) is 8.71. The topological polar surface area (TPSA) is 0 Å². The standard InChI is InChI=1S/C10H7F5S/c11-8(10(13,14)15)9(12)16-6-7-4-2-1-3-5-7/h1-5H,6H2/b9-8-. The van der Waals surface area contributed by atoms with Crippen LogP contribution in [-0.4, -0.2) is 6.18 Å². The highest BCUT2D eigenvalue weighted by Crippen LogP contribution is 2.35. The van der Waals surface area contributed by atoms with E-state index in [-0.39, 0.29) is 17.5 Å². The Hall–Kier alpha value is -1.04. The van der Waals surface area contributed by atoms with Crippen molar-refractivity contribution >= 4 is 11.8 Å². The van der Waals surface area contributed by atoms with Crippen LogP contribution in [0.25, 0.3) is 0 Å². The molecule has 0 heterocycles. The van der Waals surface area contributed by atoms with E-state index in [0.29, 0.717) is 5.56 Å². The molecule has 0 fully saturated rings. The molecule has 0 aliphatic heterocycles. The minimum Gasteiger partial charge on any atom is -0.198 e. The Morgan fingerprint density at radius 1 is 1.06 bits per heavy atom. The predicted octanol–water partition coefficient (Wildman–Crippen LogP) is 4.59. The summed E-state index contributed by atoms with van der Waals surface area (Å²) in [6.45, 7) is 0. The van der Waals surface area contributed by atoms with Gasteiger partial charge in [-0.1, -0.05) is 42.1 Å². The van der Waals surface area contributed by atoms with Crippen molar-refractivity contribution in [1.82, 2.24) is 0 Å². The highest BCUT2D eigenvalue weighted by atomic mass is 32.2. The second kappa shape index (κ2) is 5.34. The van der Waals surface area contributed by atoms with Crippen LogP contribution in [0.3, 0.4) is 0 Å². The number of halogens is 5. The molecule has 0 radical (unpaired) electrons. The van der Waals surface area contributed by atoms with Crippen LogP contribution in [0.15, 0.2) is 41.3 Å². The van der Waals surface area contributed by atoms with Gasteiger partial charge in [0.15, 0.2) is 5.16 Å². The Bertz CT molecular complexity index is 369. The third kappa shape index (κ3) is 3.84. The molecule has 0 aromatic heterocycles. The summed E-state index contributed by atoms with van der Waals surface area (Å²) in [6, 6.07) is 8.28. The van der Waals surface area contributed by atoms with Gasteiger partial charge in [0.05, 0.1) is 0 Å². The van der Waals surface area contributed by atoms with Gasteiger partial charge < -0.3 is 0 Å². The Morgan fingerprint density at radius 3 is 2.12 bits per heavy atom. The van der Waals surface area contributed by atoms with Crippen LogP contribution >= 0.6 is 11.8 Å². The minimum absolute atomic E-state index is 0.0455. The van der Waals surface area contributed by atoms with Crippen molar-refractivity contribution in [2.75, 3.05) is 0 Å². The molecule has 0 nitrogen and oxygen atoms in total. The largest absolute Gasteiger partial charge is 0.446 e. The van der Waals surface area contributed by atoms with Crippen molar-refractivity contribution in [1.29, 1.82) is 0 Å². The molecule has 6 heteroatoms. The summed E-state index contributed by atoms with van der Waals surface area (Å²) >= 11 is 0.182. The number of hydrogen-bond donors (Lipinski definition) is 0. The summed E-state index contributed by atoms with van der Waals surface area (Å²) < 4.78 is 60.3. The van der Waals surface area contributed by atoms with E-state index in [1.54, 1.807) is 30.3 Å². The Kier molecular flexibility index (Phi) is 4.35. The van der Waals surface area contributed by atoms with Crippen molar-refractivity contribution in [3.63, 3.8) is 0 Å². The quantitative estimate of drug-likeness (QED) is 0.711. The second-order valence-corrected chi connectivity index (χ2v) is 3.80. The van der Waals surface area contributed by atoms with Gasteiger partial charge in [0, 0.05) is 5.75 Å². The van der Waals surface area contributed by atoms with Crippen molar-refractivity contribution in [3.8, 4) is 0 Å². The third-order valence-electron chi connectivity index (χ3n) is 1.63. The molecule has 0 aliphatic rings. The lowest BCUT2D eigenvalue weighted by Crippen LogP contribution is -2.08. The molecule has 0 amide bonds. The van der Waals surface area contributed by atoms with E-state index < -0.39 is 17.2 Å². The first kappa shape index (κ1) is 13.0. The third-order valence-corrected chi connectivity index (χ3v) is 2.54. The molecule has 0 bridgehead atoms. The Labute approximate surface area is 93.2 Å². The van der Waals surface area contributed by atoms with Gasteiger partial charge in [0.2, 0.25) is 5.83 Å². The molecular formula is C10H7F5S. The normalized spacial score (nSPS) is 13.6. The molecule has 0 N–H and O–H groups in total. The van der Waals surface area contributed by atoms with Crippen molar-refractivity contribution in [3.05, 3.63) is 46.9 Å². The molecule has 0 unspecified atom stereocenters. The predicted molar refractivity (Wildman–Crippen MR) is 53.0 cm³/mol. The summed E-state index contributed by atoms with van der Waals surface area (Å²) in [5, 5.41) is -1.84. The molecular weight excluding hydrogens is 247 g/mol. The molecule has 0 atom stereocenters. The van der Waals surface area contributed by atoms with E-state index in [1.807, 2.05) is 0 Å². The zero-order chi connectivity index (χ0) is 12.2. The van der Waals surface area contributed by atoms with E-state index in [0.717, 1.165) is 0 Å². The van der Waals surface area contributed by atoms with Gasteiger partial charge in [-0.25, -0.2) is 0 Å². The summed E-state index contributed by atoms with van der Waals surface area (Å²) in [7, 11) is 0. The number of allylic oxidation sites excluding steroid dienone is 1. The average Bonchev–Trinajstić information content (AvgIpc) is 2.25. The molecule has 1 aromatic rings. The van der Waals surface area contributed by atoms with E-state index in [1.165, 1.54) is 0 Å². The summed E-state index contributed by atoms with van der Waals surface area (Å²) in [5.74, 6) is -2.72. The molecule has 0 saturated carbocycles. The van der Waals surface area contributed by atoms with Gasteiger partial charge in [0.25, 0.3) is 0 Å². The maximum absolute atomic E-state index is 12.7. The van der Waals surface area contributed by atoms with Crippen molar-refractivity contribution < 1.29 is 22.0 Å². The maximum Gasteiger partial charge on any atom is 0.446 e. The van der Waals surface area contributed by atoms with Crippen molar-refractivity contribution in [2.45, 2.75) is 11.9 Å². The van der Waals surface area contributed by atoms with Crippen LogP contribution in [0.4, 0.5) is 22.0 Å². The van der Waals surface area contributed by atoms with Crippen molar-refractivity contribution in [2.24, 2.45) is 0 Å². The molecule has 1 rings (SSSR count). The lowest BCUT2D eigenvalue weighted by Gasteiger charge is -2.04. The maximum atomic E-state index is 12.7. The van der Waals surface area contributed by atoms with Crippen LogP contribution in [0.1, 0.15) is 5.56 Å². The smallest absolute Gasteiger partial charge is 0.198 e. The van der Waals surface area contributed by atoms with Gasteiger partial charge in [0.1, 0.15) is 0 Å². The first-order chi connectivity index (χ1) is 7.41. The fraction of sp³-hybridized carbons (Fsp3) is 0.200. The SMILES string of the molecule is F/C(SCc1ccccc1)=C(/F)C(F)(F)F. The Balaban J connectivity index is 2.63. The van der Waals surface area contributed by atoms with Gasteiger partial charge in [-0.05, 0) is 5.56 Å². The lowest BCUT2D eigenvalue weighted by atomic mass is 10.2. The number of benzene rings is 1. The molecule has 0 saturated heterocycles. The van der Waals surface area contributed by atoms with Crippen LogP contribution in [-0.2, 0) is 5.75 Å². The number of hydrogen-bond acceptors (Lipinski definition) is 1. The molecule has 16 heavy (non-hydrogen) atoms. The Morgan fingerprint density at radius 2 is 1.62 bits per heavy atom. The minimum atomic E-state index is -5.26. The summed E-state index contributed by atoms with van der Waals surface area (Å²) in [4.78, 5) is 0. The summed E-state index contributed by atoms with van der Waals surface area (Å²) in [6.07, 6.45) is -5.26. The average molecular weight is 254 g/mol. The van der Waals surface area contributed by atoms with Crippen LogP contribution in [0.2, 0.25) is 0 Å². The number of alkyl halides is 3. The monoisotopic (exact) mass is 254 g/mol. The first-order valence-corrected chi connectivity index (χ1v) is 5.19. The lowest BCUT2D eigenvalue weighted by molar-refractivity contribution is -0.110. The van der Waals surface area contributed by atoms with E-state index in [9.17, 15) is 22.0 Å². The zero-order valence-electron chi connectivity index (χ0n) is 7.89. The van der Waals surface area contributed by atoms with Crippen LogP contribution in [0.5, 0.6) is 0 Å². The first-order valence-electron chi connectivity index (χ1n) is 4.20. The molecule has 0 aliphatic carbocycles. The number of rotatable bonds is 3. The van der Waals surface area contributed by atoms with E-state index >= 15 is 0 Å². The van der Waals surface area contributed by atoms with Gasteiger partial charge in [-0.3, -0.25) is 0 Å². The highest BCUT2D eigenvalue weighted by Gasteiger charge is 2.38. The van der Waals surface area contributed by atoms with Gasteiger partial charge in [-0.15, -0.1) is 0 Å². The molecule has 0 spiro atoms. The van der Waals surface area contributed by atoms with Gasteiger partial charge in [-0.2, -0.15) is 22.0 Å². The van der Waals surface area contributed by atoms with E-state index in [2.05, 4.69) is 0 Å². The highest BCUT2D eigenvalue weighted by molar-refractivity contribution is 8.02. The summed E-state index contributed by atoms with van der Waals surface area (Å²) in [5.41, 5.74) is 0.623. The fourth-order valence-electron chi connectivity index (χ4n) is 0.896. The fourth-order valence-corrected chi connectivity index (χ4v) is 1.62. The molecule has 1 aromatic carbocycles.